The number of aromatic nitrogens is 3. The van der Waals surface area contributed by atoms with Gasteiger partial charge in [0.25, 0.3) is 5.56 Å². The minimum absolute atomic E-state index is 0. The van der Waals surface area contributed by atoms with E-state index >= 15 is 0 Å². The summed E-state index contributed by atoms with van der Waals surface area (Å²) >= 11 is 0. The van der Waals surface area contributed by atoms with E-state index in [0.29, 0.717) is 0 Å². The molecule has 3 rings (SSSR count). The lowest BCUT2D eigenvalue weighted by Gasteiger charge is -2.23. The van der Waals surface area contributed by atoms with Gasteiger partial charge in [-0.2, -0.15) is 5.10 Å². The molecule has 2 aromatic heterocycles. The number of H-pyrrole nitrogens is 1. The van der Waals surface area contributed by atoms with E-state index in [0.717, 1.165) is 31.6 Å². The Labute approximate surface area is 120 Å². The third kappa shape index (κ3) is 2.41. The van der Waals surface area contributed by atoms with Crippen LogP contribution in [0.15, 0.2) is 17.1 Å². The zero-order valence-corrected chi connectivity index (χ0v) is 11.4. The summed E-state index contributed by atoms with van der Waals surface area (Å²) in [5.74, 6) is -0.860. The van der Waals surface area contributed by atoms with Crippen molar-refractivity contribution >= 4 is 24.0 Å². The van der Waals surface area contributed by atoms with Crippen LogP contribution in [0.25, 0.3) is 5.65 Å². The summed E-state index contributed by atoms with van der Waals surface area (Å²) in [5, 5.41) is 16.4. The summed E-state index contributed by atoms with van der Waals surface area (Å²) in [6, 6.07) is 1.52. The number of hydrogen-bond donors (Lipinski definition) is 3. The predicted octanol–water partition coefficient (Wildman–Crippen LogP) is 0.610. The summed E-state index contributed by atoms with van der Waals surface area (Å²) in [5.41, 5.74) is 0.776. The van der Waals surface area contributed by atoms with Crippen LogP contribution in [0.2, 0.25) is 0 Å². The number of rotatable bonds is 2. The topological polar surface area (TPSA) is 99.5 Å². The number of piperidine rings is 1. The Morgan fingerprint density at radius 1 is 1.40 bits per heavy atom. The van der Waals surface area contributed by atoms with E-state index in [1.165, 1.54) is 12.3 Å². The quantitative estimate of drug-likeness (QED) is 0.754. The maximum Gasteiger partial charge on any atom is 0.341 e. The van der Waals surface area contributed by atoms with Gasteiger partial charge in [0.2, 0.25) is 0 Å². The van der Waals surface area contributed by atoms with Crippen LogP contribution in [0.3, 0.4) is 0 Å². The van der Waals surface area contributed by atoms with E-state index in [1.54, 1.807) is 4.52 Å². The minimum atomic E-state index is -1.09. The molecule has 3 heterocycles. The van der Waals surface area contributed by atoms with Gasteiger partial charge in [0.15, 0.2) is 5.65 Å². The molecule has 0 unspecified atom stereocenters. The number of halogens is 1. The number of fused-ring (bicyclic) bond motifs is 1. The van der Waals surface area contributed by atoms with Crippen molar-refractivity contribution in [3.05, 3.63) is 33.9 Å². The van der Waals surface area contributed by atoms with Crippen LogP contribution in [0.1, 0.15) is 34.8 Å². The van der Waals surface area contributed by atoms with Gasteiger partial charge in [-0.05, 0) is 25.9 Å². The Kier molecular flexibility index (Phi) is 4.10. The van der Waals surface area contributed by atoms with Crippen molar-refractivity contribution in [1.29, 1.82) is 0 Å². The SMILES string of the molecule is Cl.O=C(O)c1cnn2c(C3CCNCC3)cc(=O)[nH]c12. The van der Waals surface area contributed by atoms with Crippen molar-refractivity contribution in [2.75, 3.05) is 13.1 Å². The Balaban J connectivity index is 0.00000147. The van der Waals surface area contributed by atoms with Crippen molar-refractivity contribution < 1.29 is 9.90 Å². The molecule has 1 aliphatic heterocycles. The molecule has 20 heavy (non-hydrogen) atoms. The zero-order valence-electron chi connectivity index (χ0n) is 10.6. The number of nitrogens with zero attached hydrogens (tertiary/aromatic N) is 2. The molecule has 0 aliphatic carbocycles. The summed E-state index contributed by atoms with van der Waals surface area (Å²) < 4.78 is 1.54. The second-order valence-electron chi connectivity index (χ2n) is 4.71. The maximum absolute atomic E-state index is 11.7. The molecule has 0 aromatic carbocycles. The van der Waals surface area contributed by atoms with Gasteiger partial charge in [-0.15, -0.1) is 12.4 Å². The van der Waals surface area contributed by atoms with Gasteiger partial charge < -0.3 is 15.4 Å². The Morgan fingerprint density at radius 3 is 2.75 bits per heavy atom. The minimum Gasteiger partial charge on any atom is -0.477 e. The Hall–Kier alpha value is -1.86. The smallest absolute Gasteiger partial charge is 0.341 e. The first-order valence-electron chi connectivity index (χ1n) is 6.22. The molecule has 2 aromatic rings. The zero-order chi connectivity index (χ0) is 13.4. The summed E-state index contributed by atoms with van der Waals surface area (Å²) in [7, 11) is 0. The largest absolute Gasteiger partial charge is 0.477 e. The lowest BCUT2D eigenvalue weighted by Crippen LogP contribution is -2.28. The highest BCUT2D eigenvalue weighted by Crippen LogP contribution is 2.24. The molecular formula is C12H15ClN4O3. The normalized spacial score (nSPS) is 16.0. The predicted molar refractivity (Wildman–Crippen MR) is 74.9 cm³/mol. The van der Waals surface area contributed by atoms with Crippen LogP contribution in [0, 0.1) is 0 Å². The van der Waals surface area contributed by atoms with Crippen LogP contribution in [0.4, 0.5) is 0 Å². The summed E-state index contributed by atoms with van der Waals surface area (Å²) in [4.78, 5) is 25.4. The number of carbonyl (C=O) groups is 1. The molecule has 0 atom stereocenters. The number of aromatic carboxylic acids is 1. The molecule has 0 amide bonds. The van der Waals surface area contributed by atoms with Crippen LogP contribution < -0.4 is 10.9 Å². The second-order valence-corrected chi connectivity index (χ2v) is 4.71. The molecule has 108 valence electrons. The van der Waals surface area contributed by atoms with Crippen molar-refractivity contribution in [2.45, 2.75) is 18.8 Å². The number of nitrogens with one attached hydrogen (secondary N) is 2. The van der Waals surface area contributed by atoms with E-state index in [2.05, 4.69) is 15.4 Å². The molecule has 1 saturated heterocycles. The van der Waals surface area contributed by atoms with E-state index in [9.17, 15) is 9.59 Å². The van der Waals surface area contributed by atoms with Crippen LogP contribution in [0.5, 0.6) is 0 Å². The van der Waals surface area contributed by atoms with Crippen molar-refractivity contribution in [3.63, 3.8) is 0 Å². The maximum atomic E-state index is 11.7. The van der Waals surface area contributed by atoms with Crippen LogP contribution >= 0.6 is 12.4 Å². The van der Waals surface area contributed by atoms with Gasteiger partial charge in [0, 0.05) is 12.0 Å². The molecule has 0 saturated carbocycles. The highest BCUT2D eigenvalue weighted by atomic mass is 35.5. The highest BCUT2D eigenvalue weighted by Gasteiger charge is 2.21. The van der Waals surface area contributed by atoms with Gasteiger partial charge in [-0.25, -0.2) is 9.31 Å². The first-order valence-corrected chi connectivity index (χ1v) is 6.22. The monoisotopic (exact) mass is 298 g/mol. The van der Waals surface area contributed by atoms with Crippen molar-refractivity contribution in [3.8, 4) is 0 Å². The van der Waals surface area contributed by atoms with Gasteiger partial charge in [-0.3, -0.25) is 4.79 Å². The summed E-state index contributed by atoms with van der Waals surface area (Å²) in [6.45, 7) is 1.79. The summed E-state index contributed by atoms with van der Waals surface area (Å²) in [6.07, 6.45) is 3.11. The Bertz CT molecular complexity index is 688. The molecule has 3 N–H and O–H groups in total. The highest BCUT2D eigenvalue weighted by molar-refractivity contribution is 5.94. The fraction of sp³-hybridized carbons (Fsp3) is 0.417. The van der Waals surface area contributed by atoms with Gasteiger partial charge in [0.05, 0.1) is 11.9 Å². The molecule has 0 spiro atoms. The standard InChI is InChI=1S/C12H14N4O3.ClH/c17-10-5-9(7-1-3-13-4-2-7)16-11(15-10)8(6-14-16)12(18)19;/h5-7,13H,1-4H2,(H,15,17)(H,18,19);1H. The third-order valence-electron chi connectivity index (χ3n) is 3.52. The molecule has 8 heteroatoms. The van der Waals surface area contributed by atoms with E-state index in [-0.39, 0.29) is 35.1 Å². The van der Waals surface area contributed by atoms with Crippen LogP contribution in [-0.2, 0) is 0 Å². The number of carboxylic acid groups (broad SMARTS) is 1. The van der Waals surface area contributed by atoms with Gasteiger partial charge >= 0.3 is 5.97 Å². The number of hydrogen-bond acceptors (Lipinski definition) is 4. The number of aromatic amines is 1. The average Bonchev–Trinajstić information content (AvgIpc) is 2.82. The van der Waals surface area contributed by atoms with Gasteiger partial charge in [0.1, 0.15) is 5.56 Å². The molecule has 0 bridgehead atoms. The first kappa shape index (κ1) is 14.5. The van der Waals surface area contributed by atoms with E-state index in [1.807, 2.05) is 0 Å². The molecule has 1 fully saturated rings. The van der Waals surface area contributed by atoms with Gasteiger partial charge in [-0.1, -0.05) is 0 Å². The fourth-order valence-corrected chi connectivity index (χ4v) is 2.58. The van der Waals surface area contributed by atoms with Crippen LogP contribution in [-0.4, -0.2) is 38.8 Å². The van der Waals surface area contributed by atoms with E-state index in [4.69, 9.17) is 5.11 Å². The lowest BCUT2D eigenvalue weighted by molar-refractivity contribution is 0.0698. The number of carboxylic acids is 1. The van der Waals surface area contributed by atoms with Crippen molar-refractivity contribution in [1.82, 2.24) is 19.9 Å². The Morgan fingerprint density at radius 2 is 2.10 bits per heavy atom. The first-order chi connectivity index (χ1) is 9.16. The molecular weight excluding hydrogens is 284 g/mol. The molecule has 1 aliphatic rings. The average molecular weight is 299 g/mol. The third-order valence-corrected chi connectivity index (χ3v) is 3.52. The molecule has 0 radical (unpaired) electrons. The lowest BCUT2D eigenvalue weighted by atomic mass is 9.94. The van der Waals surface area contributed by atoms with E-state index < -0.39 is 5.97 Å². The molecule has 7 nitrogen and oxygen atoms in total. The van der Waals surface area contributed by atoms with Crippen molar-refractivity contribution in [2.24, 2.45) is 0 Å². The fourth-order valence-electron chi connectivity index (χ4n) is 2.58. The second kappa shape index (κ2) is 5.64.